The number of nitro benzene ring substituents is 1. The van der Waals surface area contributed by atoms with Crippen molar-refractivity contribution in [2.45, 2.75) is 26.3 Å². The van der Waals surface area contributed by atoms with Crippen molar-refractivity contribution in [1.29, 1.82) is 0 Å². The molecular formula is C15H20N2O6. The number of benzene rings is 1. The number of nitrogens with one attached hydrogen (secondary N) is 1. The number of rotatable bonds is 7. The summed E-state index contributed by atoms with van der Waals surface area (Å²) in [5.41, 5.74) is -0.118. The molecule has 0 amide bonds. The first kappa shape index (κ1) is 18.4. The second-order valence-corrected chi connectivity index (χ2v) is 5.33. The van der Waals surface area contributed by atoms with E-state index in [4.69, 9.17) is 4.74 Å². The summed E-state index contributed by atoms with van der Waals surface area (Å²) < 4.78 is 9.26. The monoisotopic (exact) mass is 324 g/mol. The molecule has 0 bridgehead atoms. The van der Waals surface area contributed by atoms with E-state index in [0.717, 1.165) is 6.07 Å². The molecule has 0 saturated heterocycles. The second-order valence-electron chi connectivity index (χ2n) is 5.33. The summed E-state index contributed by atoms with van der Waals surface area (Å²) in [7, 11) is 2.45. The van der Waals surface area contributed by atoms with Crippen molar-refractivity contribution in [3.63, 3.8) is 0 Å². The number of nitrogens with zero attached hydrogens (tertiary/aromatic N) is 1. The number of methoxy groups -OCH3 is 2. The van der Waals surface area contributed by atoms with Crippen molar-refractivity contribution in [2.24, 2.45) is 5.92 Å². The van der Waals surface area contributed by atoms with E-state index in [1.54, 1.807) is 0 Å². The van der Waals surface area contributed by atoms with E-state index in [1.807, 2.05) is 13.8 Å². The molecule has 0 aromatic heterocycles. The number of carbonyl (C=O) groups excluding carboxylic acids is 2. The molecule has 1 atom stereocenters. The highest BCUT2D eigenvalue weighted by atomic mass is 16.6. The number of hydrogen-bond acceptors (Lipinski definition) is 7. The van der Waals surface area contributed by atoms with Crippen LogP contribution in [0.5, 0.6) is 0 Å². The Kier molecular flexibility index (Phi) is 6.49. The molecule has 1 rings (SSSR count). The van der Waals surface area contributed by atoms with Crippen LogP contribution in [0.15, 0.2) is 18.2 Å². The van der Waals surface area contributed by atoms with Gasteiger partial charge in [0.25, 0.3) is 5.69 Å². The summed E-state index contributed by atoms with van der Waals surface area (Å²) >= 11 is 0. The van der Waals surface area contributed by atoms with Crippen LogP contribution < -0.4 is 5.32 Å². The molecular weight excluding hydrogens is 304 g/mol. The van der Waals surface area contributed by atoms with Gasteiger partial charge in [-0.1, -0.05) is 13.8 Å². The average Bonchev–Trinajstić information content (AvgIpc) is 2.52. The minimum atomic E-state index is -0.720. The SMILES string of the molecule is COC(=O)c1ccc(N[C@H](CC(C)C)C(=O)OC)c([N+](=O)[O-])c1. The molecule has 8 heteroatoms. The van der Waals surface area contributed by atoms with Gasteiger partial charge >= 0.3 is 11.9 Å². The summed E-state index contributed by atoms with van der Waals surface area (Å²) in [6.07, 6.45) is 0.447. The lowest BCUT2D eigenvalue weighted by molar-refractivity contribution is -0.384. The molecule has 0 aliphatic carbocycles. The van der Waals surface area contributed by atoms with Gasteiger partial charge in [-0.3, -0.25) is 10.1 Å². The van der Waals surface area contributed by atoms with Gasteiger partial charge < -0.3 is 14.8 Å². The normalized spacial score (nSPS) is 11.7. The largest absolute Gasteiger partial charge is 0.467 e. The van der Waals surface area contributed by atoms with Crippen LogP contribution in [0.25, 0.3) is 0 Å². The van der Waals surface area contributed by atoms with Crippen molar-refractivity contribution in [3.05, 3.63) is 33.9 Å². The van der Waals surface area contributed by atoms with Gasteiger partial charge in [0.2, 0.25) is 0 Å². The van der Waals surface area contributed by atoms with Crippen molar-refractivity contribution in [3.8, 4) is 0 Å². The molecule has 23 heavy (non-hydrogen) atoms. The molecule has 0 aliphatic rings. The predicted octanol–water partition coefficient (Wildman–Crippen LogP) is 2.38. The summed E-state index contributed by atoms with van der Waals surface area (Å²) in [5.74, 6) is -1.00. The fraction of sp³-hybridized carbons (Fsp3) is 0.467. The Morgan fingerprint density at radius 2 is 1.91 bits per heavy atom. The average molecular weight is 324 g/mol. The van der Waals surface area contributed by atoms with E-state index in [0.29, 0.717) is 6.42 Å². The Labute approximate surface area is 133 Å². The number of esters is 2. The van der Waals surface area contributed by atoms with E-state index in [1.165, 1.54) is 26.4 Å². The van der Waals surface area contributed by atoms with Gasteiger partial charge in [-0.05, 0) is 24.5 Å². The third-order valence-corrected chi connectivity index (χ3v) is 3.14. The van der Waals surface area contributed by atoms with Crippen LogP contribution in [-0.4, -0.2) is 37.1 Å². The zero-order chi connectivity index (χ0) is 17.6. The molecule has 0 radical (unpaired) electrons. The molecule has 1 N–H and O–H groups in total. The number of ether oxygens (including phenoxy) is 2. The molecule has 0 spiro atoms. The van der Waals surface area contributed by atoms with E-state index in [-0.39, 0.29) is 22.9 Å². The minimum absolute atomic E-state index is 0.0585. The standard InChI is InChI=1S/C15H20N2O6/c1-9(2)7-12(15(19)23-4)16-11-6-5-10(14(18)22-3)8-13(11)17(20)21/h5-6,8-9,12,16H,7H2,1-4H3/t12-/m1/s1. The van der Waals surface area contributed by atoms with Gasteiger partial charge in [0, 0.05) is 6.07 Å². The molecule has 1 aromatic carbocycles. The van der Waals surface area contributed by atoms with Crippen molar-refractivity contribution in [2.75, 3.05) is 19.5 Å². The molecule has 0 heterocycles. The maximum absolute atomic E-state index is 11.8. The van der Waals surface area contributed by atoms with Gasteiger partial charge in [0.05, 0.1) is 24.7 Å². The lowest BCUT2D eigenvalue weighted by atomic mass is 10.0. The smallest absolute Gasteiger partial charge is 0.338 e. The topological polar surface area (TPSA) is 108 Å². The number of carbonyl (C=O) groups is 2. The van der Waals surface area contributed by atoms with Crippen LogP contribution in [-0.2, 0) is 14.3 Å². The van der Waals surface area contributed by atoms with Crippen molar-refractivity contribution >= 4 is 23.3 Å². The third kappa shape index (κ3) is 4.94. The van der Waals surface area contributed by atoms with Gasteiger partial charge in [-0.2, -0.15) is 0 Å². The van der Waals surface area contributed by atoms with E-state index < -0.39 is 22.9 Å². The summed E-state index contributed by atoms with van der Waals surface area (Å²) in [5, 5.41) is 14.1. The molecule has 0 aliphatic heterocycles. The molecule has 0 saturated carbocycles. The Balaban J connectivity index is 3.16. The first-order chi connectivity index (χ1) is 10.8. The van der Waals surface area contributed by atoms with Crippen molar-refractivity contribution in [1.82, 2.24) is 0 Å². The Bertz CT molecular complexity index is 600. The molecule has 0 unspecified atom stereocenters. The minimum Gasteiger partial charge on any atom is -0.467 e. The molecule has 126 valence electrons. The number of hydrogen-bond donors (Lipinski definition) is 1. The zero-order valence-electron chi connectivity index (χ0n) is 13.5. The van der Waals surface area contributed by atoms with Crippen LogP contribution >= 0.6 is 0 Å². The van der Waals surface area contributed by atoms with Crippen LogP contribution in [0.3, 0.4) is 0 Å². The third-order valence-electron chi connectivity index (χ3n) is 3.14. The van der Waals surface area contributed by atoms with E-state index >= 15 is 0 Å². The van der Waals surface area contributed by atoms with Gasteiger partial charge in [-0.15, -0.1) is 0 Å². The van der Waals surface area contributed by atoms with E-state index in [9.17, 15) is 19.7 Å². The van der Waals surface area contributed by atoms with Crippen LogP contribution in [0.1, 0.15) is 30.6 Å². The maximum Gasteiger partial charge on any atom is 0.338 e. The lowest BCUT2D eigenvalue weighted by Gasteiger charge is -2.19. The quantitative estimate of drug-likeness (QED) is 0.466. The molecule has 8 nitrogen and oxygen atoms in total. The number of nitro groups is 1. The summed E-state index contributed by atoms with van der Waals surface area (Å²) in [4.78, 5) is 33.9. The Morgan fingerprint density at radius 1 is 1.26 bits per heavy atom. The van der Waals surface area contributed by atoms with Gasteiger partial charge in [0.1, 0.15) is 11.7 Å². The van der Waals surface area contributed by atoms with Crippen LogP contribution in [0, 0.1) is 16.0 Å². The summed E-state index contributed by atoms with van der Waals surface area (Å²) in [6, 6.07) is 3.16. The number of anilines is 1. The Morgan fingerprint density at radius 3 is 2.39 bits per heavy atom. The van der Waals surface area contributed by atoms with Crippen LogP contribution in [0.2, 0.25) is 0 Å². The summed E-state index contributed by atoms with van der Waals surface area (Å²) in [6.45, 7) is 3.85. The van der Waals surface area contributed by atoms with E-state index in [2.05, 4.69) is 10.1 Å². The van der Waals surface area contributed by atoms with Gasteiger partial charge in [-0.25, -0.2) is 9.59 Å². The first-order valence-electron chi connectivity index (χ1n) is 7.01. The molecule has 0 fully saturated rings. The van der Waals surface area contributed by atoms with Crippen molar-refractivity contribution < 1.29 is 24.0 Å². The lowest BCUT2D eigenvalue weighted by Crippen LogP contribution is -2.32. The predicted molar refractivity (Wildman–Crippen MR) is 83.3 cm³/mol. The fourth-order valence-electron chi connectivity index (χ4n) is 2.07. The maximum atomic E-state index is 11.8. The zero-order valence-corrected chi connectivity index (χ0v) is 13.5. The first-order valence-corrected chi connectivity index (χ1v) is 7.01. The van der Waals surface area contributed by atoms with Crippen LogP contribution in [0.4, 0.5) is 11.4 Å². The second kappa shape index (κ2) is 8.11. The Hall–Kier alpha value is -2.64. The highest BCUT2D eigenvalue weighted by Crippen LogP contribution is 2.27. The fourth-order valence-corrected chi connectivity index (χ4v) is 2.07. The molecule has 1 aromatic rings. The highest BCUT2D eigenvalue weighted by molar-refractivity contribution is 5.91. The van der Waals surface area contributed by atoms with Gasteiger partial charge in [0.15, 0.2) is 0 Å². The highest BCUT2D eigenvalue weighted by Gasteiger charge is 2.25.